The molecule has 1 N–H and O–H groups in total. The molecule has 1 rings (SSSR count). The normalized spacial score (nSPS) is 33.1. The van der Waals surface area contributed by atoms with Crippen LogP contribution >= 0.6 is 0 Å². The topological polar surface area (TPSA) is 54.4 Å². The van der Waals surface area contributed by atoms with Crippen LogP contribution in [0.3, 0.4) is 0 Å². The van der Waals surface area contributed by atoms with E-state index in [1.807, 2.05) is 0 Å². The second-order valence-corrected chi connectivity index (χ2v) is 4.45. The van der Waals surface area contributed by atoms with Gasteiger partial charge in [-0.25, -0.2) is 0 Å². The predicted molar refractivity (Wildman–Crippen MR) is 52.9 cm³/mol. The first kappa shape index (κ1) is 11.4. The Hall–Kier alpha value is -0.700. The molecule has 3 heteroatoms. The summed E-state index contributed by atoms with van der Waals surface area (Å²) in [5.41, 5.74) is -0.677. The summed E-state index contributed by atoms with van der Waals surface area (Å²) in [7, 11) is 0. The zero-order valence-electron chi connectivity index (χ0n) is 8.88. The summed E-state index contributed by atoms with van der Waals surface area (Å²) in [6, 6.07) is 0. The molecule has 80 valence electrons. The first-order chi connectivity index (χ1) is 6.47. The van der Waals surface area contributed by atoms with E-state index >= 15 is 0 Å². The van der Waals surface area contributed by atoms with Crippen molar-refractivity contribution in [2.24, 2.45) is 5.41 Å². The molecular weight excluding hydrogens is 180 g/mol. The molecule has 0 saturated heterocycles. The SMILES string of the molecule is CC(=O)CC[C@]1(C)C(=O)CCC[C@H]1O. The molecule has 0 bridgehead atoms. The van der Waals surface area contributed by atoms with Crippen LogP contribution in [0.1, 0.15) is 46.0 Å². The van der Waals surface area contributed by atoms with E-state index < -0.39 is 11.5 Å². The quantitative estimate of drug-likeness (QED) is 0.747. The molecule has 1 saturated carbocycles. The molecule has 2 atom stereocenters. The molecule has 1 fully saturated rings. The minimum absolute atomic E-state index is 0.0804. The zero-order valence-corrected chi connectivity index (χ0v) is 8.88. The highest BCUT2D eigenvalue weighted by Crippen LogP contribution is 2.37. The average molecular weight is 198 g/mol. The van der Waals surface area contributed by atoms with Crippen molar-refractivity contribution in [3.05, 3.63) is 0 Å². The molecule has 0 radical (unpaired) electrons. The summed E-state index contributed by atoms with van der Waals surface area (Å²) < 4.78 is 0. The molecule has 3 nitrogen and oxygen atoms in total. The molecule has 0 aromatic heterocycles. The van der Waals surface area contributed by atoms with Crippen molar-refractivity contribution < 1.29 is 14.7 Å². The summed E-state index contributed by atoms with van der Waals surface area (Å²) in [6.45, 7) is 3.30. The predicted octanol–water partition coefficient (Wildman–Crippen LogP) is 1.48. The molecule has 0 heterocycles. The molecule has 1 aliphatic rings. The molecule has 1 aliphatic carbocycles. The van der Waals surface area contributed by atoms with Crippen LogP contribution in [0.15, 0.2) is 0 Å². The second kappa shape index (κ2) is 4.22. The summed E-state index contributed by atoms with van der Waals surface area (Å²) in [6.07, 6.45) is 2.31. The van der Waals surface area contributed by atoms with Crippen molar-refractivity contribution >= 4 is 11.6 Å². The summed E-state index contributed by atoms with van der Waals surface area (Å²) >= 11 is 0. The minimum Gasteiger partial charge on any atom is -0.392 e. The van der Waals surface area contributed by atoms with Crippen LogP contribution in [-0.2, 0) is 9.59 Å². The maximum atomic E-state index is 11.7. The second-order valence-electron chi connectivity index (χ2n) is 4.45. The lowest BCUT2D eigenvalue weighted by atomic mass is 9.69. The Balaban J connectivity index is 2.67. The average Bonchev–Trinajstić information content (AvgIpc) is 2.11. The zero-order chi connectivity index (χ0) is 10.8. The van der Waals surface area contributed by atoms with Crippen LogP contribution in [0.4, 0.5) is 0 Å². The largest absolute Gasteiger partial charge is 0.392 e. The van der Waals surface area contributed by atoms with Crippen molar-refractivity contribution in [1.29, 1.82) is 0 Å². The minimum atomic E-state index is -0.677. The summed E-state index contributed by atoms with van der Waals surface area (Å²) in [5, 5.41) is 9.78. The van der Waals surface area contributed by atoms with Gasteiger partial charge in [0.1, 0.15) is 11.6 Å². The van der Waals surface area contributed by atoms with Gasteiger partial charge >= 0.3 is 0 Å². The fourth-order valence-corrected chi connectivity index (χ4v) is 1.99. The number of aliphatic hydroxyl groups is 1. The van der Waals surface area contributed by atoms with Crippen LogP contribution < -0.4 is 0 Å². The highest BCUT2D eigenvalue weighted by atomic mass is 16.3. The van der Waals surface area contributed by atoms with E-state index in [1.165, 1.54) is 6.92 Å². The number of carbonyl (C=O) groups excluding carboxylic acids is 2. The molecule has 0 aromatic carbocycles. The van der Waals surface area contributed by atoms with E-state index in [2.05, 4.69) is 0 Å². The Labute approximate surface area is 84.5 Å². The molecule has 14 heavy (non-hydrogen) atoms. The van der Waals surface area contributed by atoms with Gasteiger partial charge in [0.2, 0.25) is 0 Å². The molecule has 0 aliphatic heterocycles. The van der Waals surface area contributed by atoms with Gasteiger partial charge in [-0.2, -0.15) is 0 Å². The van der Waals surface area contributed by atoms with Gasteiger partial charge in [0.05, 0.1) is 11.5 Å². The van der Waals surface area contributed by atoms with E-state index in [1.54, 1.807) is 6.92 Å². The first-order valence-electron chi connectivity index (χ1n) is 5.17. The van der Waals surface area contributed by atoms with Gasteiger partial charge in [0.25, 0.3) is 0 Å². The van der Waals surface area contributed by atoms with Crippen molar-refractivity contribution in [3.8, 4) is 0 Å². The van der Waals surface area contributed by atoms with Crippen LogP contribution in [-0.4, -0.2) is 22.8 Å². The van der Waals surface area contributed by atoms with E-state index in [-0.39, 0.29) is 11.6 Å². The van der Waals surface area contributed by atoms with Gasteiger partial charge < -0.3 is 9.90 Å². The third kappa shape index (κ3) is 2.21. The number of rotatable bonds is 3. The van der Waals surface area contributed by atoms with Crippen LogP contribution in [0.2, 0.25) is 0 Å². The molecule has 0 aromatic rings. The van der Waals surface area contributed by atoms with Gasteiger partial charge in [-0.1, -0.05) is 6.92 Å². The van der Waals surface area contributed by atoms with Gasteiger partial charge in [-0.15, -0.1) is 0 Å². The highest BCUT2D eigenvalue weighted by molar-refractivity contribution is 5.86. The lowest BCUT2D eigenvalue weighted by molar-refractivity contribution is -0.139. The van der Waals surface area contributed by atoms with Gasteiger partial charge in [0, 0.05) is 12.8 Å². The number of hydrogen-bond donors (Lipinski definition) is 1. The summed E-state index contributed by atoms with van der Waals surface area (Å²) in [4.78, 5) is 22.5. The van der Waals surface area contributed by atoms with Crippen LogP contribution in [0.25, 0.3) is 0 Å². The smallest absolute Gasteiger partial charge is 0.141 e. The molecule has 0 unspecified atom stereocenters. The van der Waals surface area contributed by atoms with Crippen molar-refractivity contribution in [3.63, 3.8) is 0 Å². The Morgan fingerprint density at radius 2 is 2.29 bits per heavy atom. The van der Waals surface area contributed by atoms with Crippen LogP contribution in [0.5, 0.6) is 0 Å². The van der Waals surface area contributed by atoms with E-state index in [0.29, 0.717) is 25.7 Å². The van der Waals surface area contributed by atoms with E-state index in [9.17, 15) is 14.7 Å². The molecular formula is C11H18O3. The Bertz CT molecular complexity index is 247. The maximum Gasteiger partial charge on any atom is 0.141 e. The third-order valence-electron chi connectivity index (χ3n) is 3.25. The van der Waals surface area contributed by atoms with E-state index in [0.717, 1.165) is 6.42 Å². The fourth-order valence-electron chi connectivity index (χ4n) is 1.99. The number of carbonyl (C=O) groups is 2. The van der Waals surface area contributed by atoms with Gasteiger partial charge in [0.15, 0.2) is 0 Å². The molecule has 0 amide bonds. The Kier molecular flexibility index (Phi) is 3.43. The number of aliphatic hydroxyl groups excluding tert-OH is 1. The maximum absolute atomic E-state index is 11.7. The first-order valence-corrected chi connectivity index (χ1v) is 5.17. The fraction of sp³-hybridized carbons (Fsp3) is 0.818. The molecule has 0 spiro atoms. The number of hydrogen-bond acceptors (Lipinski definition) is 3. The van der Waals surface area contributed by atoms with Crippen molar-refractivity contribution in [2.45, 2.75) is 52.1 Å². The van der Waals surface area contributed by atoms with Crippen molar-refractivity contribution in [1.82, 2.24) is 0 Å². The summed E-state index contributed by atoms with van der Waals surface area (Å²) in [5.74, 6) is 0.189. The van der Waals surface area contributed by atoms with Gasteiger partial charge in [-0.3, -0.25) is 4.79 Å². The Morgan fingerprint density at radius 3 is 2.79 bits per heavy atom. The lowest BCUT2D eigenvalue weighted by Crippen LogP contribution is -2.43. The Morgan fingerprint density at radius 1 is 1.64 bits per heavy atom. The van der Waals surface area contributed by atoms with Gasteiger partial charge in [-0.05, 0) is 26.2 Å². The highest BCUT2D eigenvalue weighted by Gasteiger charge is 2.42. The van der Waals surface area contributed by atoms with E-state index in [4.69, 9.17) is 0 Å². The monoisotopic (exact) mass is 198 g/mol. The van der Waals surface area contributed by atoms with Crippen LogP contribution in [0, 0.1) is 5.41 Å². The van der Waals surface area contributed by atoms with Crippen molar-refractivity contribution in [2.75, 3.05) is 0 Å². The number of Topliss-reactive ketones (excluding diaryl/α,β-unsaturated/α-hetero) is 2. The standard InChI is InChI=1S/C11H18O3/c1-8(12)6-7-11(2)9(13)4-3-5-10(11)14/h9,13H,3-7H2,1-2H3/t9-,11+/m1/s1. The third-order valence-corrected chi connectivity index (χ3v) is 3.25. The number of ketones is 2. The lowest BCUT2D eigenvalue weighted by Gasteiger charge is -2.36.